The minimum Gasteiger partial charge on any atom is -0.383 e. The highest BCUT2D eigenvalue weighted by atomic mass is 35.5. The first kappa shape index (κ1) is 74.1. The number of nitrogens with one attached hydrogen (secondary N) is 5. The van der Waals surface area contributed by atoms with Crippen LogP contribution in [0.3, 0.4) is 0 Å². The Labute approximate surface area is 517 Å². The maximum Gasteiger partial charge on any atom is 0.149 e. The van der Waals surface area contributed by atoms with Crippen molar-refractivity contribution in [1.29, 1.82) is 0 Å². The number of halogens is 5. The molecule has 0 aliphatic carbocycles. The molecule has 2 aliphatic rings. The Morgan fingerprint density at radius 3 is 1.34 bits per heavy atom. The van der Waals surface area contributed by atoms with E-state index in [9.17, 15) is 17.6 Å². The average Bonchev–Trinajstić information content (AvgIpc) is 3.66. The van der Waals surface area contributed by atoms with Gasteiger partial charge in [0.2, 0.25) is 0 Å². The summed E-state index contributed by atoms with van der Waals surface area (Å²) in [5.41, 5.74) is 7.58. The SMILES string of the molecule is CC(C)c1cc(F)c(NCCN(C)C)c(F)c1.CC(C)c1ccc(NC2CCN(C)CC2)c(F)c1.CC(C)c1ccc(NCCN(C)C)c(Cl)c1.CC(C)c1ccc(NCCN(C)C)c(F)c1.CC(C)c1ccc(NCCN2CCCCC2)nc1. The van der Waals surface area contributed by atoms with Crippen LogP contribution in [-0.2, 0) is 0 Å². The smallest absolute Gasteiger partial charge is 0.149 e. The van der Waals surface area contributed by atoms with Crippen molar-refractivity contribution in [2.45, 2.75) is 137 Å². The van der Waals surface area contributed by atoms with Crippen LogP contribution >= 0.6 is 11.6 Å². The van der Waals surface area contributed by atoms with Gasteiger partial charge in [0.05, 0.1) is 22.1 Å². The lowest BCUT2D eigenvalue weighted by Crippen LogP contribution is -2.36. The third-order valence-corrected chi connectivity index (χ3v) is 15.3. The second-order valence-corrected chi connectivity index (χ2v) is 25.5. The first-order valence-electron chi connectivity index (χ1n) is 31.1. The molecule has 476 valence electrons. The standard InChI is InChI=1S/C15H23FN2.C15H25N3.C13H21ClN2.C13H20F2N2.C13H21FN2/c1-11(2)12-4-5-15(14(16)10-12)17-13-6-8-18(3)9-7-13;1-13(2)14-6-7-15(17-12-14)16-8-11-18-9-4-3-5-10-18;1-10(2)11-5-6-13(12(14)9-11)15-7-8-16(3)4;1-9(2)10-7-11(14)13(12(15)8-10)16-5-6-17(3)4;1-10(2)11-5-6-13(12(14)9-11)15-7-8-16(3)4/h4-5,10-11,13,17H,6-9H2,1-3H3;6-7,12-13H,3-5,8-11H2,1-2H3,(H,16,17);5-6,9-10,15H,7-8H2,1-4H3;7-9,16H,5-6H2,1-4H3;5-6,9-10,15H,7-8H2,1-4H3. The second-order valence-electron chi connectivity index (χ2n) is 25.1. The van der Waals surface area contributed by atoms with Crippen molar-refractivity contribution in [3.8, 4) is 0 Å². The summed E-state index contributed by atoms with van der Waals surface area (Å²) in [5, 5.41) is 16.8. The van der Waals surface area contributed by atoms with Crippen molar-refractivity contribution in [1.82, 2.24) is 29.5 Å². The molecule has 5 aromatic rings. The summed E-state index contributed by atoms with van der Waals surface area (Å²) < 4.78 is 55.0. The fourth-order valence-corrected chi connectivity index (χ4v) is 9.41. The molecule has 0 amide bonds. The number of pyridine rings is 1. The van der Waals surface area contributed by atoms with E-state index in [-0.39, 0.29) is 23.2 Å². The van der Waals surface area contributed by atoms with Gasteiger partial charge < -0.3 is 51.1 Å². The third-order valence-electron chi connectivity index (χ3n) is 15.0. The first-order chi connectivity index (χ1) is 40.2. The van der Waals surface area contributed by atoms with Crippen LogP contribution in [0, 0.1) is 23.3 Å². The first-order valence-corrected chi connectivity index (χ1v) is 31.5. The van der Waals surface area contributed by atoms with Gasteiger partial charge in [-0.3, -0.25) is 0 Å². The molecular weight excluding hydrogens is 1090 g/mol. The predicted molar refractivity (Wildman–Crippen MR) is 359 cm³/mol. The van der Waals surface area contributed by atoms with Gasteiger partial charge in [-0.05, 0) is 213 Å². The van der Waals surface area contributed by atoms with Crippen LogP contribution in [0.2, 0.25) is 5.02 Å². The monoisotopic (exact) mass is 1200 g/mol. The molecule has 2 saturated heterocycles. The van der Waals surface area contributed by atoms with Crippen molar-refractivity contribution in [3.63, 3.8) is 0 Å². The van der Waals surface area contributed by atoms with Crippen molar-refractivity contribution in [3.05, 3.63) is 141 Å². The lowest BCUT2D eigenvalue weighted by molar-refractivity contribution is 0.237. The fourth-order valence-electron chi connectivity index (χ4n) is 9.15. The Kier molecular flexibility index (Phi) is 34.5. The number of rotatable bonds is 23. The third kappa shape index (κ3) is 29.4. The molecule has 0 bridgehead atoms. The summed E-state index contributed by atoms with van der Waals surface area (Å²) in [6, 6.07) is 24.7. The minimum atomic E-state index is -0.521. The Hall–Kier alpha value is -5.16. The molecule has 0 atom stereocenters. The highest BCUT2D eigenvalue weighted by Gasteiger charge is 2.18. The fraction of sp³-hybridized carbons (Fsp3) is 0.580. The molecular formula is C69H110ClF4N11. The van der Waals surface area contributed by atoms with Crippen molar-refractivity contribution >= 4 is 40.2 Å². The quantitative estimate of drug-likeness (QED) is 0.0405. The summed E-state index contributed by atoms with van der Waals surface area (Å²) in [6.45, 7) is 32.5. The van der Waals surface area contributed by atoms with Crippen LogP contribution in [0.1, 0.15) is 159 Å². The minimum absolute atomic E-state index is 0.0312. The summed E-state index contributed by atoms with van der Waals surface area (Å²) in [5.74, 6) is 1.60. The van der Waals surface area contributed by atoms with E-state index >= 15 is 0 Å². The number of hydrogen-bond acceptors (Lipinski definition) is 11. The number of likely N-dealkylation sites (N-methyl/N-ethyl adjacent to an activating group) is 3. The molecule has 0 saturated carbocycles. The summed E-state index contributed by atoms with van der Waals surface area (Å²) >= 11 is 6.21. The number of likely N-dealkylation sites (tertiary alicyclic amines) is 2. The van der Waals surface area contributed by atoms with Crippen LogP contribution < -0.4 is 26.6 Å². The molecule has 3 heterocycles. The average molecular weight is 1210 g/mol. The highest BCUT2D eigenvalue weighted by Crippen LogP contribution is 2.28. The summed E-state index contributed by atoms with van der Waals surface area (Å²) in [4.78, 5) is 15.5. The number of hydrogen-bond donors (Lipinski definition) is 5. The maximum atomic E-state index is 14.0. The normalized spacial score (nSPS) is 14.0. The number of anilines is 5. The molecule has 0 spiro atoms. The molecule has 0 radical (unpaired) electrons. The van der Waals surface area contributed by atoms with Gasteiger partial charge in [-0.15, -0.1) is 0 Å². The van der Waals surface area contributed by atoms with Crippen LogP contribution in [-0.4, -0.2) is 163 Å². The molecule has 7 rings (SSSR count). The molecule has 0 unspecified atom stereocenters. The Morgan fingerprint density at radius 2 is 0.906 bits per heavy atom. The lowest BCUT2D eigenvalue weighted by Gasteiger charge is -2.30. The van der Waals surface area contributed by atoms with Crippen LogP contribution in [0.5, 0.6) is 0 Å². The van der Waals surface area contributed by atoms with E-state index in [1.807, 2.05) is 83.5 Å². The molecule has 16 heteroatoms. The largest absolute Gasteiger partial charge is 0.383 e. The summed E-state index contributed by atoms with van der Waals surface area (Å²) in [6.07, 6.45) is 8.28. The lowest BCUT2D eigenvalue weighted by atomic mass is 10.0. The number of aromatic nitrogens is 1. The van der Waals surface area contributed by atoms with Gasteiger partial charge in [0.15, 0.2) is 0 Å². The van der Waals surface area contributed by atoms with Gasteiger partial charge in [0.25, 0.3) is 0 Å². The number of nitrogens with zero attached hydrogens (tertiary/aromatic N) is 6. The van der Waals surface area contributed by atoms with E-state index in [0.29, 0.717) is 53.2 Å². The van der Waals surface area contributed by atoms with Gasteiger partial charge in [-0.1, -0.05) is 112 Å². The van der Waals surface area contributed by atoms with Gasteiger partial charge in [-0.25, -0.2) is 22.5 Å². The molecule has 2 aliphatic heterocycles. The zero-order valence-electron chi connectivity index (χ0n) is 55.1. The predicted octanol–water partition coefficient (Wildman–Crippen LogP) is 16.0. The van der Waals surface area contributed by atoms with Crippen LogP contribution in [0.15, 0.2) is 85.1 Å². The van der Waals surface area contributed by atoms with E-state index in [0.717, 1.165) is 99.4 Å². The molecule has 1 aromatic heterocycles. The van der Waals surface area contributed by atoms with Gasteiger partial charge >= 0.3 is 0 Å². The molecule has 4 aromatic carbocycles. The van der Waals surface area contributed by atoms with Crippen LogP contribution in [0.4, 0.5) is 46.1 Å². The maximum absolute atomic E-state index is 14.0. The van der Waals surface area contributed by atoms with E-state index in [4.69, 9.17) is 11.6 Å². The van der Waals surface area contributed by atoms with Crippen molar-refractivity contribution in [2.24, 2.45) is 0 Å². The molecule has 11 nitrogen and oxygen atoms in total. The molecule has 2 fully saturated rings. The van der Waals surface area contributed by atoms with Gasteiger partial charge in [0.1, 0.15) is 34.8 Å². The van der Waals surface area contributed by atoms with Gasteiger partial charge in [-0.2, -0.15) is 0 Å². The Morgan fingerprint density at radius 1 is 0.482 bits per heavy atom. The Balaban J connectivity index is 0.000000279. The molecule has 85 heavy (non-hydrogen) atoms. The zero-order valence-corrected chi connectivity index (χ0v) is 55.9. The van der Waals surface area contributed by atoms with E-state index in [1.54, 1.807) is 12.1 Å². The van der Waals surface area contributed by atoms with E-state index < -0.39 is 11.6 Å². The van der Waals surface area contributed by atoms with Crippen molar-refractivity contribution in [2.75, 3.05) is 154 Å². The van der Waals surface area contributed by atoms with E-state index in [1.165, 1.54) is 55.6 Å². The zero-order chi connectivity index (χ0) is 63.2. The topological polar surface area (TPSA) is 89.2 Å². The summed E-state index contributed by atoms with van der Waals surface area (Å²) in [7, 11) is 14.1. The second kappa shape index (κ2) is 39.6. The van der Waals surface area contributed by atoms with Gasteiger partial charge in [0, 0.05) is 64.6 Å². The number of benzene rings is 4. The highest BCUT2D eigenvalue weighted by molar-refractivity contribution is 6.33. The van der Waals surface area contributed by atoms with Crippen LogP contribution in [0.25, 0.3) is 0 Å². The number of piperidine rings is 2. The molecule has 5 N–H and O–H groups in total. The Bertz CT molecular complexity index is 2520. The van der Waals surface area contributed by atoms with E-state index in [2.05, 4.69) is 152 Å². The van der Waals surface area contributed by atoms with Crippen molar-refractivity contribution < 1.29 is 17.6 Å².